The highest BCUT2D eigenvalue weighted by molar-refractivity contribution is 7.93. The first-order valence-electron chi connectivity index (χ1n) is 5.64. The summed E-state index contributed by atoms with van der Waals surface area (Å²) in [6.45, 7) is 1.10. The number of hydrogen-bond acceptors (Lipinski definition) is 5. The van der Waals surface area contributed by atoms with Crippen molar-refractivity contribution in [2.45, 2.75) is 16.6 Å². The topological polar surface area (TPSA) is 118 Å². The van der Waals surface area contributed by atoms with Crippen LogP contribution in [0.15, 0.2) is 29.2 Å². The number of nitrogens with one attached hydrogen (secondary N) is 2. The molecule has 0 spiro atoms. The van der Waals surface area contributed by atoms with Crippen molar-refractivity contribution < 1.29 is 16.8 Å². The van der Waals surface area contributed by atoms with Gasteiger partial charge in [0.25, 0.3) is 0 Å². The third-order valence-electron chi connectivity index (χ3n) is 2.90. The molecule has 0 saturated carbocycles. The maximum Gasteiger partial charge on any atom is 0.238 e. The van der Waals surface area contributed by atoms with Gasteiger partial charge < -0.3 is 5.32 Å². The molecule has 0 aliphatic carbocycles. The van der Waals surface area contributed by atoms with Crippen LogP contribution >= 0.6 is 0 Å². The highest BCUT2D eigenvalue weighted by Gasteiger charge is 2.28. The van der Waals surface area contributed by atoms with Gasteiger partial charge in [0.2, 0.25) is 20.0 Å². The molecule has 0 bridgehead atoms. The van der Waals surface area contributed by atoms with Crippen molar-refractivity contribution in [1.82, 2.24) is 5.32 Å². The molecule has 0 amide bonds. The van der Waals surface area contributed by atoms with E-state index in [1.165, 1.54) is 24.3 Å². The Kier molecular flexibility index (Phi) is 3.81. The van der Waals surface area contributed by atoms with Crippen LogP contribution in [-0.4, -0.2) is 35.2 Å². The van der Waals surface area contributed by atoms with Crippen molar-refractivity contribution >= 4 is 25.7 Å². The standard InChI is InChI=1S/C10H15N3O4S2/c11-18(14,15)9-3-1-8(2-4-9)13-19(16,17)10-5-6-12-7-10/h1-4,10,12-13H,5-7H2,(H2,11,14,15). The molecule has 4 N–H and O–H groups in total. The summed E-state index contributed by atoms with van der Waals surface area (Å²) >= 11 is 0. The molecule has 19 heavy (non-hydrogen) atoms. The van der Waals surface area contributed by atoms with Crippen molar-refractivity contribution in [3.05, 3.63) is 24.3 Å². The van der Waals surface area contributed by atoms with Gasteiger partial charge in [-0.15, -0.1) is 0 Å². The van der Waals surface area contributed by atoms with Crippen LogP contribution in [-0.2, 0) is 20.0 Å². The van der Waals surface area contributed by atoms with Gasteiger partial charge >= 0.3 is 0 Å². The van der Waals surface area contributed by atoms with Gasteiger partial charge in [-0.05, 0) is 37.2 Å². The van der Waals surface area contributed by atoms with Crippen molar-refractivity contribution in [2.24, 2.45) is 5.14 Å². The number of hydrogen-bond donors (Lipinski definition) is 3. The number of rotatable bonds is 4. The fourth-order valence-electron chi connectivity index (χ4n) is 1.85. The van der Waals surface area contributed by atoms with E-state index in [1.807, 2.05) is 0 Å². The molecule has 1 saturated heterocycles. The number of nitrogens with two attached hydrogens (primary N) is 1. The molecule has 106 valence electrons. The molecule has 2 rings (SSSR count). The van der Waals surface area contributed by atoms with Gasteiger partial charge in [0.1, 0.15) is 0 Å². The largest absolute Gasteiger partial charge is 0.315 e. The van der Waals surface area contributed by atoms with E-state index in [9.17, 15) is 16.8 Å². The van der Waals surface area contributed by atoms with E-state index in [0.717, 1.165) is 0 Å². The second-order valence-electron chi connectivity index (χ2n) is 4.33. The lowest BCUT2D eigenvalue weighted by atomic mass is 10.3. The van der Waals surface area contributed by atoms with E-state index in [2.05, 4.69) is 10.0 Å². The molecule has 1 aromatic carbocycles. The van der Waals surface area contributed by atoms with Gasteiger partial charge in [0.15, 0.2) is 0 Å². The Morgan fingerprint density at radius 2 is 1.79 bits per heavy atom. The number of sulfonamides is 2. The minimum atomic E-state index is -3.77. The second-order valence-corrected chi connectivity index (χ2v) is 7.85. The average Bonchev–Trinajstić information content (AvgIpc) is 2.82. The molecule has 1 fully saturated rings. The summed E-state index contributed by atoms with van der Waals surface area (Å²) in [5.74, 6) is 0. The van der Waals surface area contributed by atoms with E-state index in [1.54, 1.807) is 0 Å². The summed E-state index contributed by atoms with van der Waals surface area (Å²) in [4.78, 5) is -0.0574. The summed E-state index contributed by atoms with van der Waals surface area (Å²) in [6.07, 6.45) is 0.560. The maximum atomic E-state index is 12.0. The van der Waals surface area contributed by atoms with E-state index in [4.69, 9.17) is 5.14 Å². The van der Waals surface area contributed by atoms with Crippen LogP contribution < -0.4 is 15.2 Å². The first-order valence-corrected chi connectivity index (χ1v) is 8.73. The van der Waals surface area contributed by atoms with Crippen LogP contribution in [0.4, 0.5) is 5.69 Å². The fraction of sp³-hybridized carbons (Fsp3) is 0.400. The highest BCUT2D eigenvalue weighted by atomic mass is 32.2. The Morgan fingerprint density at radius 3 is 2.26 bits per heavy atom. The van der Waals surface area contributed by atoms with Crippen molar-refractivity contribution in [1.29, 1.82) is 0 Å². The van der Waals surface area contributed by atoms with Gasteiger partial charge in [-0.2, -0.15) is 0 Å². The molecule has 0 aromatic heterocycles. The molecule has 1 aliphatic heterocycles. The SMILES string of the molecule is NS(=O)(=O)c1ccc(NS(=O)(=O)C2CCNC2)cc1. The van der Waals surface area contributed by atoms with Crippen LogP contribution in [0.2, 0.25) is 0 Å². The van der Waals surface area contributed by atoms with Gasteiger partial charge in [-0.1, -0.05) is 0 Å². The zero-order valence-corrected chi connectivity index (χ0v) is 11.7. The predicted octanol–water partition coefficient (Wildman–Crippen LogP) is -0.562. The van der Waals surface area contributed by atoms with Crippen LogP contribution in [0.5, 0.6) is 0 Å². The average molecular weight is 305 g/mol. The molecular weight excluding hydrogens is 290 g/mol. The number of primary sulfonamides is 1. The highest BCUT2D eigenvalue weighted by Crippen LogP contribution is 2.17. The molecule has 1 aliphatic rings. The Labute approximate surface area is 112 Å². The first-order chi connectivity index (χ1) is 8.79. The minimum Gasteiger partial charge on any atom is -0.315 e. The summed E-state index contributed by atoms with van der Waals surface area (Å²) in [5, 5.41) is 7.47. The maximum absolute atomic E-state index is 12.0. The van der Waals surface area contributed by atoms with Gasteiger partial charge in [-0.25, -0.2) is 22.0 Å². The second kappa shape index (κ2) is 5.08. The molecular formula is C10H15N3O4S2. The summed E-state index contributed by atoms with van der Waals surface area (Å²) in [5.41, 5.74) is 0.319. The molecule has 1 unspecified atom stereocenters. The van der Waals surface area contributed by atoms with E-state index in [-0.39, 0.29) is 4.90 Å². The quantitative estimate of drug-likeness (QED) is 0.689. The Hall–Kier alpha value is -1.16. The van der Waals surface area contributed by atoms with Gasteiger partial charge in [0.05, 0.1) is 10.1 Å². The van der Waals surface area contributed by atoms with E-state index >= 15 is 0 Å². The fourth-order valence-corrected chi connectivity index (χ4v) is 3.77. The zero-order valence-electron chi connectivity index (χ0n) is 10.0. The minimum absolute atomic E-state index is 0.0574. The van der Waals surface area contributed by atoms with Crippen LogP contribution in [0, 0.1) is 0 Å². The van der Waals surface area contributed by atoms with Crippen LogP contribution in [0.25, 0.3) is 0 Å². The molecule has 0 radical (unpaired) electrons. The summed E-state index contributed by atoms with van der Waals surface area (Å²) in [6, 6.07) is 5.28. The molecule has 9 heteroatoms. The summed E-state index contributed by atoms with van der Waals surface area (Å²) < 4.78 is 48.6. The third kappa shape index (κ3) is 3.44. The van der Waals surface area contributed by atoms with Gasteiger partial charge in [0, 0.05) is 12.2 Å². The van der Waals surface area contributed by atoms with Crippen molar-refractivity contribution in [2.75, 3.05) is 17.8 Å². The lowest BCUT2D eigenvalue weighted by Crippen LogP contribution is -2.29. The molecule has 1 aromatic rings. The Morgan fingerprint density at radius 1 is 1.16 bits per heavy atom. The smallest absolute Gasteiger partial charge is 0.238 e. The van der Waals surface area contributed by atoms with Crippen molar-refractivity contribution in [3.63, 3.8) is 0 Å². The zero-order chi connectivity index (χ0) is 14.1. The van der Waals surface area contributed by atoms with Crippen LogP contribution in [0.3, 0.4) is 0 Å². The third-order valence-corrected chi connectivity index (χ3v) is 5.63. The van der Waals surface area contributed by atoms with Crippen molar-refractivity contribution in [3.8, 4) is 0 Å². The molecule has 7 nitrogen and oxygen atoms in total. The Bertz CT molecular complexity index is 647. The lowest BCUT2D eigenvalue weighted by molar-refractivity contribution is 0.588. The normalized spacial score (nSPS) is 20.4. The molecule has 1 atom stereocenters. The summed E-state index contributed by atoms with van der Waals surface area (Å²) in [7, 11) is -7.22. The predicted molar refractivity (Wildman–Crippen MR) is 71.6 cm³/mol. The lowest BCUT2D eigenvalue weighted by Gasteiger charge is -2.13. The van der Waals surface area contributed by atoms with E-state index in [0.29, 0.717) is 25.2 Å². The number of anilines is 1. The van der Waals surface area contributed by atoms with Gasteiger partial charge in [-0.3, -0.25) is 4.72 Å². The monoisotopic (exact) mass is 305 g/mol. The number of benzene rings is 1. The molecule has 1 heterocycles. The van der Waals surface area contributed by atoms with E-state index < -0.39 is 25.3 Å². The van der Waals surface area contributed by atoms with Crippen LogP contribution in [0.1, 0.15) is 6.42 Å². The Balaban J connectivity index is 2.16. The first kappa shape index (κ1) is 14.3.